The molecule has 0 aliphatic carbocycles. The van der Waals surface area contributed by atoms with E-state index in [0.29, 0.717) is 6.54 Å². The Morgan fingerprint density at radius 2 is 2.19 bits per heavy atom. The van der Waals surface area contributed by atoms with Gasteiger partial charge in [-0.3, -0.25) is 15.1 Å². The van der Waals surface area contributed by atoms with Crippen molar-refractivity contribution >= 4 is 5.69 Å². The SMILES string of the molecule is CCNCc1ccc(OCc2ccccn2)c([N+](=O)[O-])c1. The highest BCUT2D eigenvalue weighted by Crippen LogP contribution is 2.28. The summed E-state index contributed by atoms with van der Waals surface area (Å²) in [6.07, 6.45) is 1.66. The first-order valence-electron chi connectivity index (χ1n) is 6.71. The molecule has 0 saturated heterocycles. The van der Waals surface area contributed by atoms with Crippen molar-refractivity contribution in [2.75, 3.05) is 6.54 Å². The molecule has 6 heteroatoms. The monoisotopic (exact) mass is 287 g/mol. The van der Waals surface area contributed by atoms with Crippen molar-refractivity contribution in [1.29, 1.82) is 0 Å². The molecule has 1 heterocycles. The fourth-order valence-corrected chi connectivity index (χ4v) is 1.84. The highest BCUT2D eigenvalue weighted by molar-refractivity contribution is 5.48. The number of nitro groups is 1. The van der Waals surface area contributed by atoms with Crippen LogP contribution in [0.1, 0.15) is 18.2 Å². The minimum Gasteiger partial charge on any atom is -0.480 e. The lowest BCUT2D eigenvalue weighted by Crippen LogP contribution is -2.12. The van der Waals surface area contributed by atoms with Gasteiger partial charge in [-0.1, -0.05) is 19.1 Å². The van der Waals surface area contributed by atoms with E-state index in [1.165, 1.54) is 6.07 Å². The zero-order valence-electron chi connectivity index (χ0n) is 11.8. The zero-order valence-corrected chi connectivity index (χ0v) is 11.8. The number of rotatable bonds is 7. The fourth-order valence-electron chi connectivity index (χ4n) is 1.84. The van der Waals surface area contributed by atoms with Gasteiger partial charge in [-0.05, 0) is 30.3 Å². The predicted molar refractivity (Wildman–Crippen MR) is 79.0 cm³/mol. The smallest absolute Gasteiger partial charge is 0.311 e. The summed E-state index contributed by atoms with van der Waals surface area (Å²) in [6, 6.07) is 10.5. The molecule has 0 aliphatic rings. The molecule has 0 bridgehead atoms. The summed E-state index contributed by atoms with van der Waals surface area (Å²) in [5.74, 6) is 0.255. The van der Waals surface area contributed by atoms with E-state index in [0.717, 1.165) is 17.8 Å². The third kappa shape index (κ3) is 4.25. The number of benzene rings is 1. The Hall–Kier alpha value is -2.47. The summed E-state index contributed by atoms with van der Waals surface area (Å²) in [6.45, 7) is 3.59. The number of pyridine rings is 1. The molecular weight excluding hydrogens is 270 g/mol. The van der Waals surface area contributed by atoms with Gasteiger partial charge in [0.1, 0.15) is 6.61 Å². The van der Waals surface area contributed by atoms with Crippen molar-refractivity contribution in [3.8, 4) is 5.75 Å². The van der Waals surface area contributed by atoms with Crippen LogP contribution in [0, 0.1) is 10.1 Å². The van der Waals surface area contributed by atoms with Crippen LogP contribution in [0.2, 0.25) is 0 Å². The molecule has 21 heavy (non-hydrogen) atoms. The van der Waals surface area contributed by atoms with Crippen molar-refractivity contribution in [3.63, 3.8) is 0 Å². The van der Waals surface area contributed by atoms with Gasteiger partial charge < -0.3 is 10.1 Å². The van der Waals surface area contributed by atoms with Gasteiger partial charge in [0.25, 0.3) is 0 Å². The summed E-state index contributed by atoms with van der Waals surface area (Å²) in [5.41, 5.74) is 1.55. The Balaban J connectivity index is 2.12. The van der Waals surface area contributed by atoms with Gasteiger partial charge in [-0.2, -0.15) is 0 Å². The average molecular weight is 287 g/mol. The molecule has 1 aromatic carbocycles. The minimum absolute atomic E-state index is 0.0265. The van der Waals surface area contributed by atoms with Crippen molar-refractivity contribution < 1.29 is 9.66 Å². The first-order valence-corrected chi connectivity index (χ1v) is 6.71. The molecule has 0 atom stereocenters. The second kappa shape index (κ2) is 7.35. The summed E-state index contributed by atoms with van der Waals surface area (Å²) in [4.78, 5) is 14.8. The molecular formula is C15H17N3O3. The summed E-state index contributed by atoms with van der Waals surface area (Å²) >= 11 is 0. The van der Waals surface area contributed by atoms with Crippen LogP contribution in [0.4, 0.5) is 5.69 Å². The van der Waals surface area contributed by atoms with Crippen molar-refractivity contribution in [1.82, 2.24) is 10.3 Å². The van der Waals surface area contributed by atoms with Gasteiger partial charge in [-0.15, -0.1) is 0 Å². The molecule has 0 saturated carbocycles. The molecule has 0 unspecified atom stereocenters. The maximum Gasteiger partial charge on any atom is 0.311 e. The van der Waals surface area contributed by atoms with E-state index in [1.54, 1.807) is 12.3 Å². The minimum atomic E-state index is -0.427. The Kier molecular flexibility index (Phi) is 5.22. The van der Waals surface area contributed by atoms with Crippen LogP contribution < -0.4 is 10.1 Å². The third-order valence-electron chi connectivity index (χ3n) is 2.90. The second-order valence-electron chi connectivity index (χ2n) is 4.45. The van der Waals surface area contributed by atoms with Crippen LogP contribution in [0.25, 0.3) is 0 Å². The van der Waals surface area contributed by atoms with Crippen molar-refractivity contribution in [2.24, 2.45) is 0 Å². The van der Waals surface area contributed by atoms with Gasteiger partial charge in [0.05, 0.1) is 10.6 Å². The number of ether oxygens (including phenoxy) is 1. The van der Waals surface area contributed by atoms with Gasteiger partial charge in [0.2, 0.25) is 0 Å². The van der Waals surface area contributed by atoms with Crippen molar-refractivity contribution in [3.05, 3.63) is 64.0 Å². The highest BCUT2D eigenvalue weighted by atomic mass is 16.6. The zero-order chi connectivity index (χ0) is 15.1. The van der Waals surface area contributed by atoms with Crippen molar-refractivity contribution in [2.45, 2.75) is 20.1 Å². The van der Waals surface area contributed by atoms with E-state index in [2.05, 4.69) is 10.3 Å². The molecule has 0 spiro atoms. The van der Waals surface area contributed by atoms with Crippen LogP contribution in [0.15, 0.2) is 42.6 Å². The highest BCUT2D eigenvalue weighted by Gasteiger charge is 2.16. The molecule has 110 valence electrons. The van der Waals surface area contributed by atoms with Gasteiger partial charge in [0.15, 0.2) is 5.75 Å². The van der Waals surface area contributed by atoms with E-state index >= 15 is 0 Å². The van der Waals surface area contributed by atoms with Gasteiger partial charge in [0, 0.05) is 18.8 Å². The van der Waals surface area contributed by atoms with Gasteiger partial charge >= 0.3 is 5.69 Å². The topological polar surface area (TPSA) is 77.3 Å². The van der Waals surface area contributed by atoms with Crippen LogP contribution in [-0.2, 0) is 13.2 Å². The van der Waals surface area contributed by atoms with E-state index in [4.69, 9.17) is 4.74 Å². The number of hydrogen-bond donors (Lipinski definition) is 1. The lowest BCUT2D eigenvalue weighted by atomic mass is 10.2. The molecule has 1 aromatic heterocycles. The Labute approximate surface area is 122 Å². The Bertz CT molecular complexity index is 602. The van der Waals surface area contributed by atoms with E-state index in [-0.39, 0.29) is 18.0 Å². The normalized spacial score (nSPS) is 10.3. The lowest BCUT2D eigenvalue weighted by molar-refractivity contribution is -0.386. The Morgan fingerprint density at radius 3 is 2.86 bits per heavy atom. The van der Waals surface area contributed by atoms with E-state index in [1.807, 2.05) is 31.2 Å². The standard InChI is InChI=1S/C15H17N3O3/c1-2-16-10-12-6-7-15(14(9-12)18(19)20)21-11-13-5-3-4-8-17-13/h3-9,16H,2,10-11H2,1H3. The molecule has 0 radical (unpaired) electrons. The number of nitrogens with one attached hydrogen (secondary N) is 1. The quantitative estimate of drug-likeness (QED) is 0.625. The molecule has 0 aliphatic heterocycles. The number of hydrogen-bond acceptors (Lipinski definition) is 5. The second-order valence-corrected chi connectivity index (χ2v) is 4.45. The number of aromatic nitrogens is 1. The maximum atomic E-state index is 11.1. The Morgan fingerprint density at radius 1 is 1.33 bits per heavy atom. The predicted octanol–water partition coefficient (Wildman–Crippen LogP) is 2.68. The number of nitrogens with zero attached hydrogens (tertiary/aromatic N) is 2. The number of nitro benzene ring substituents is 1. The molecule has 0 fully saturated rings. The fraction of sp³-hybridized carbons (Fsp3) is 0.267. The van der Waals surface area contributed by atoms with Crippen LogP contribution in [0.3, 0.4) is 0 Å². The first kappa shape index (κ1) is 14.9. The molecule has 6 nitrogen and oxygen atoms in total. The summed E-state index contributed by atoms with van der Waals surface area (Å²) in [7, 11) is 0. The van der Waals surface area contributed by atoms with Crippen LogP contribution in [0.5, 0.6) is 5.75 Å². The molecule has 1 N–H and O–H groups in total. The molecule has 0 amide bonds. The van der Waals surface area contributed by atoms with E-state index in [9.17, 15) is 10.1 Å². The first-order chi connectivity index (χ1) is 10.2. The van der Waals surface area contributed by atoms with Gasteiger partial charge in [-0.25, -0.2) is 0 Å². The molecule has 2 rings (SSSR count). The average Bonchev–Trinajstić information content (AvgIpc) is 2.52. The van der Waals surface area contributed by atoms with E-state index < -0.39 is 4.92 Å². The van der Waals surface area contributed by atoms with Crippen LogP contribution in [-0.4, -0.2) is 16.5 Å². The molecule has 2 aromatic rings. The lowest BCUT2D eigenvalue weighted by Gasteiger charge is -2.08. The van der Waals surface area contributed by atoms with Crippen LogP contribution >= 0.6 is 0 Å². The third-order valence-corrected chi connectivity index (χ3v) is 2.90. The largest absolute Gasteiger partial charge is 0.480 e. The maximum absolute atomic E-state index is 11.1. The summed E-state index contributed by atoms with van der Waals surface area (Å²) in [5, 5.41) is 14.3. The summed E-state index contributed by atoms with van der Waals surface area (Å²) < 4.78 is 5.52.